The highest BCUT2D eigenvalue weighted by Gasteiger charge is 2.10. The van der Waals surface area contributed by atoms with Gasteiger partial charge in [0.2, 0.25) is 5.91 Å². The van der Waals surface area contributed by atoms with Crippen molar-refractivity contribution in [1.82, 2.24) is 15.0 Å². The van der Waals surface area contributed by atoms with E-state index < -0.39 is 0 Å². The van der Waals surface area contributed by atoms with Crippen LogP contribution in [0.15, 0.2) is 79.0 Å². The van der Waals surface area contributed by atoms with E-state index in [0.717, 1.165) is 29.8 Å². The molecular weight excluding hydrogens is 405 g/mol. The van der Waals surface area contributed by atoms with Crippen molar-refractivity contribution in [3.63, 3.8) is 0 Å². The first-order valence-electron chi connectivity index (χ1n) is 10.4. The van der Waals surface area contributed by atoms with Crippen LogP contribution in [0.25, 0.3) is 11.1 Å². The lowest BCUT2D eigenvalue weighted by atomic mass is 10.0. The number of benzene rings is 3. The van der Waals surface area contributed by atoms with Crippen molar-refractivity contribution in [3.05, 3.63) is 96.1 Å². The molecule has 0 aliphatic heterocycles. The van der Waals surface area contributed by atoms with Gasteiger partial charge in [-0.15, -0.1) is 5.10 Å². The summed E-state index contributed by atoms with van der Waals surface area (Å²) >= 11 is 0. The first-order valence-corrected chi connectivity index (χ1v) is 10.4. The van der Waals surface area contributed by atoms with Gasteiger partial charge in [0, 0.05) is 25.6 Å². The molecule has 162 valence electrons. The van der Waals surface area contributed by atoms with Gasteiger partial charge in [-0.3, -0.25) is 9.48 Å². The zero-order chi connectivity index (χ0) is 22.3. The van der Waals surface area contributed by atoms with E-state index in [1.165, 1.54) is 17.7 Å². The maximum atomic E-state index is 13.2. The fourth-order valence-electron chi connectivity index (χ4n) is 3.39. The Balaban J connectivity index is 1.32. The van der Waals surface area contributed by atoms with Gasteiger partial charge in [-0.1, -0.05) is 53.7 Å². The Kier molecular flexibility index (Phi) is 6.55. The Bertz CT molecular complexity index is 1190. The molecule has 0 aliphatic carbocycles. The molecule has 0 spiro atoms. The number of aromatic nitrogens is 3. The first kappa shape index (κ1) is 21.2. The second-order valence-corrected chi connectivity index (χ2v) is 7.57. The summed E-state index contributed by atoms with van der Waals surface area (Å²) in [5.41, 5.74) is 10.7. The zero-order valence-corrected chi connectivity index (χ0v) is 17.5. The van der Waals surface area contributed by atoms with Gasteiger partial charge in [0.1, 0.15) is 5.82 Å². The molecule has 6 nitrogen and oxygen atoms in total. The van der Waals surface area contributed by atoms with Gasteiger partial charge in [-0.25, -0.2) is 4.39 Å². The van der Waals surface area contributed by atoms with Crippen LogP contribution in [0.2, 0.25) is 0 Å². The van der Waals surface area contributed by atoms with E-state index in [1.54, 1.807) is 28.9 Å². The Morgan fingerprint density at radius 1 is 0.969 bits per heavy atom. The van der Waals surface area contributed by atoms with Crippen molar-refractivity contribution in [2.45, 2.75) is 25.8 Å². The summed E-state index contributed by atoms with van der Waals surface area (Å²) in [6, 6.07) is 21.7. The Labute approximate surface area is 185 Å². The van der Waals surface area contributed by atoms with Gasteiger partial charge in [-0.2, -0.15) is 0 Å². The van der Waals surface area contributed by atoms with Gasteiger partial charge in [0.15, 0.2) is 0 Å². The molecule has 0 bridgehead atoms. The fraction of sp³-hybridized carbons (Fsp3) is 0.160. The molecule has 32 heavy (non-hydrogen) atoms. The van der Waals surface area contributed by atoms with Gasteiger partial charge in [-0.05, 0) is 47.4 Å². The molecule has 1 amide bonds. The average Bonchev–Trinajstić information content (AvgIpc) is 3.27. The highest BCUT2D eigenvalue weighted by molar-refractivity contribution is 5.95. The van der Waals surface area contributed by atoms with Crippen LogP contribution in [-0.4, -0.2) is 20.9 Å². The normalized spacial score (nSPS) is 10.8. The van der Waals surface area contributed by atoms with Crippen molar-refractivity contribution in [3.8, 4) is 11.1 Å². The number of rotatable bonds is 8. The molecule has 7 heteroatoms. The highest BCUT2D eigenvalue weighted by atomic mass is 19.1. The molecular formula is C25H24FN5O. The van der Waals surface area contributed by atoms with Crippen molar-refractivity contribution >= 4 is 17.3 Å². The number of nitrogens with one attached hydrogen (secondary N) is 1. The number of nitrogens with zero attached hydrogens (tertiary/aromatic N) is 3. The maximum Gasteiger partial charge on any atom is 0.224 e. The summed E-state index contributed by atoms with van der Waals surface area (Å²) in [6.45, 7) is 0.732. The maximum absolute atomic E-state index is 13.2. The lowest BCUT2D eigenvalue weighted by Crippen LogP contribution is -2.13. The summed E-state index contributed by atoms with van der Waals surface area (Å²) in [5, 5.41) is 11.2. The zero-order valence-electron chi connectivity index (χ0n) is 17.5. The van der Waals surface area contributed by atoms with Crippen LogP contribution in [0, 0.1) is 5.82 Å². The second-order valence-electron chi connectivity index (χ2n) is 7.57. The molecule has 3 N–H and O–H groups in total. The summed E-state index contributed by atoms with van der Waals surface area (Å²) in [4.78, 5) is 12.5. The van der Waals surface area contributed by atoms with Crippen LogP contribution in [0.3, 0.4) is 0 Å². The summed E-state index contributed by atoms with van der Waals surface area (Å²) in [6.07, 6.45) is 3.49. The number of anilines is 2. The fourth-order valence-corrected chi connectivity index (χ4v) is 3.39. The molecule has 0 saturated heterocycles. The Morgan fingerprint density at radius 3 is 2.50 bits per heavy atom. The lowest BCUT2D eigenvalue weighted by molar-refractivity contribution is -0.116. The lowest BCUT2D eigenvalue weighted by Gasteiger charge is -2.10. The van der Waals surface area contributed by atoms with Crippen molar-refractivity contribution in [2.75, 3.05) is 11.1 Å². The second kappa shape index (κ2) is 9.87. The topological polar surface area (TPSA) is 85.8 Å². The van der Waals surface area contributed by atoms with E-state index >= 15 is 0 Å². The van der Waals surface area contributed by atoms with Crippen molar-refractivity contribution in [1.29, 1.82) is 0 Å². The number of nitrogen functional groups attached to an aromatic ring is 1. The van der Waals surface area contributed by atoms with E-state index in [4.69, 9.17) is 5.73 Å². The molecule has 0 aliphatic rings. The molecule has 4 aromatic rings. The number of amides is 1. The number of nitrogens with two attached hydrogens (primary N) is 1. The summed E-state index contributed by atoms with van der Waals surface area (Å²) < 4.78 is 15.0. The minimum atomic E-state index is -0.297. The van der Waals surface area contributed by atoms with Crippen LogP contribution in [-0.2, 0) is 24.2 Å². The largest absolute Gasteiger partial charge is 0.397 e. The summed E-state index contributed by atoms with van der Waals surface area (Å²) in [5.74, 6) is -0.457. The highest BCUT2D eigenvalue weighted by Crippen LogP contribution is 2.27. The van der Waals surface area contributed by atoms with E-state index in [1.807, 2.05) is 30.5 Å². The number of carbonyl (C=O) groups is 1. The van der Waals surface area contributed by atoms with E-state index in [0.29, 0.717) is 17.8 Å². The van der Waals surface area contributed by atoms with Gasteiger partial charge in [0.05, 0.1) is 17.1 Å². The average molecular weight is 429 g/mol. The molecule has 3 aromatic carbocycles. The third-order valence-electron chi connectivity index (χ3n) is 5.17. The molecule has 4 rings (SSSR count). The van der Waals surface area contributed by atoms with E-state index in [9.17, 15) is 9.18 Å². The van der Waals surface area contributed by atoms with Crippen LogP contribution in [0.5, 0.6) is 0 Å². The van der Waals surface area contributed by atoms with Crippen LogP contribution in [0.1, 0.15) is 17.7 Å². The van der Waals surface area contributed by atoms with Gasteiger partial charge < -0.3 is 11.1 Å². The molecule has 0 radical (unpaired) electrons. The number of carbonyl (C=O) groups excluding carboxylic acids is 1. The van der Waals surface area contributed by atoms with Crippen molar-refractivity contribution in [2.24, 2.45) is 0 Å². The SMILES string of the molecule is Nc1ccc(-c2ccc(F)cc2)cc1NC(=O)CCc1cn(CCc2ccccc2)nn1. The number of aryl methyl sites for hydroxylation is 3. The Hall–Kier alpha value is -4.00. The number of hydrogen-bond donors (Lipinski definition) is 2. The van der Waals surface area contributed by atoms with Crippen LogP contribution >= 0.6 is 0 Å². The molecule has 0 saturated carbocycles. The predicted molar refractivity (Wildman–Crippen MR) is 123 cm³/mol. The third kappa shape index (κ3) is 5.57. The minimum absolute atomic E-state index is 0.160. The third-order valence-corrected chi connectivity index (χ3v) is 5.17. The van der Waals surface area contributed by atoms with Gasteiger partial charge >= 0.3 is 0 Å². The number of halogens is 1. The monoisotopic (exact) mass is 429 g/mol. The predicted octanol–water partition coefficient (Wildman–Crippen LogP) is 4.48. The molecule has 1 heterocycles. The van der Waals surface area contributed by atoms with Crippen LogP contribution < -0.4 is 11.1 Å². The van der Waals surface area contributed by atoms with Gasteiger partial charge in [0.25, 0.3) is 0 Å². The van der Waals surface area contributed by atoms with Crippen LogP contribution in [0.4, 0.5) is 15.8 Å². The molecule has 0 fully saturated rings. The van der Waals surface area contributed by atoms with E-state index in [-0.39, 0.29) is 18.1 Å². The summed E-state index contributed by atoms with van der Waals surface area (Å²) in [7, 11) is 0. The smallest absolute Gasteiger partial charge is 0.224 e. The Morgan fingerprint density at radius 2 is 1.72 bits per heavy atom. The molecule has 1 aromatic heterocycles. The number of hydrogen-bond acceptors (Lipinski definition) is 4. The first-order chi connectivity index (χ1) is 15.6. The molecule has 0 atom stereocenters. The minimum Gasteiger partial charge on any atom is -0.397 e. The van der Waals surface area contributed by atoms with Crippen molar-refractivity contribution < 1.29 is 9.18 Å². The quantitative estimate of drug-likeness (QED) is 0.405. The standard InChI is InChI=1S/C25H24FN5O/c26-21-9-6-19(7-10-21)20-8-12-23(27)24(16-20)28-25(32)13-11-22-17-31(30-29-22)15-14-18-4-2-1-3-5-18/h1-10,12,16-17H,11,13-15,27H2,(H,28,32). The van der Waals surface area contributed by atoms with E-state index in [2.05, 4.69) is 27.8 Å². The molecule has 0 unspecified atom stereocenters.